The maximum atomic E-state index is 7.07. The van der Waals surface area contributed by atoms with E-state index in [4.69, 9.17) is 18.9 Å². The summed E-state index contributed by atoms with van der Waals surface area (Å²) in [4.78, 5) is 0. The van der Waals surface area contributed by atoms with Gasteiger partial charge in [0.05, 0.1) is 0 Å². The van der Waals surface area contributed by atoms with Crippen LogP contribution in [0.1, 0.15) is 80.1 Å². The molecule has 0 aromatic heterocycles. The first kappa shape index (κ1) is 31.4. The van der Waals surface area contributed by atoms with Crippen molar-refractivity contribution in [2.24, 2.45) is 34.5 Å². The zero-order valence-electron chi connectivity index (χ0n) is 29.4. The lowest BCUT2D eigenvalue weighted by Crippen LogP contribution is -2.31. The van der Waals surface area contributed by atoms with Gasteiger partial charge in [-0.2, -0.15) is 0 Å². The van der Waals surface area contributed by atoms with E-state index in [0.29, 0.717) is 46.7 Å². The van der Waals surface area contributed by atoms with Crippen LogP contribution in [0.15, 0.2) is 97.1 Å². The van der Waals surface area contributed by atoms with Gasteiger partial charge in [0.1, 0.15) is 11.2 Å². The molecule has 4 aliphatic carbocycles. The minimum absolute atomic E-state index is 0.134. The number of rotatable bonds is 9. The van der Waals surface area contributed by atoms with E-state index < -0.39 is 0 Å². The highest BCUT2D eigenvalue weighted by atomic mass is 16.6. The van der Waals surface area contributed by atoms with E-state index >= 15 is 0 Å². The fraction of sp³-hybridized carbons (Fsp3) is 0.455. The fourth-order valence-corrected chi connectivity index (χ4v) is 9.88. The topological polar surface area (TPSA) is 36.9 Å². The molecule has 4 fully saturated rings. The van der Waals surface area contributed by atoms with Gasteiger partial charge in [0.15, 0.2) is 34.5 Å². The highest BCUT2D eigenvalue weighted by molar-refractivity contribution is 5.75. The molecular formula is C44H50O4. The summed E-state index contributed by atoms with van der Waals surface area (Å²) in [7, 11) is 0. The largest absolute Gasteiger partial charge is 0.482 e. The van der Waals surface area contributed by atoms with Crippen LogP contribution < -0.4 is 18.9 Å². The summed E-state index contributed by atoms with van der Waals surface area (Å²) in [6, 6.07) is 32.8. The minimum Gasteiger partial charge on any atom is -0.482 e. The standard InChI is InChI=1S/C44H50O4/c1-29-23-25-38-41(3,4)43(38,27-29)47-35-20-12-10-18-33(35)45-37-22-14-17-32(31-15-8-7-9-16-31)40(37)46-34-19-11-13-21-36(34)48-44-28-30(2)24-26-39(44)42(44,5)6/h7-22,29-30,38-39H,23-28H2,1-6H3. The lowest BCUT2D eigenvalue weighted by molar-refractivity contribution is 0.0814. The summed E-state index contributed by atoms with van der Waals surface area (Å²) in [6.07, 6.45) is 7.12. The average molecular weight is 643 g/mol. The first-order valence-electron chi connectivity index (χ1n) is 18.2. The van der Waals surface area contributed by atoms with Gasteiger partial charge in [0.25, 0.3) is 0 Å². The van der Waals surface area contributed by atoms with Crippen LogP contribution >= 0.6 is 0 Å². The molecule has 0 saturated heterocycles. The van der Waals surface area contributed by atoms with Crippen molar-refractivity contribution in [1.29, 1.82) is 0 Å². The Labute approximate surface area is 286 Å². The van der Waals surface area contributed by atoms with Crippen LogP contribution in [0.5, 0.6) is 34.5 Å². The van der Waals surface area contributed by atoms with Crippen LogP contribution in [-0.2, 0) is 0 Å². The molecule has 6 atom stereocenters. The summed E-state index contributed by atoms with van der Waals surface area (Å²) in [5.74, 6) is 6.67. The number of hydrogen-bond donors (Lipinski definition) is 0. The van der Waals surface area contributed by atoms with Crippen molar-refractivity contribution in [3.05, 3.63) is 97.1 Å². The molecule has 4 heteroatoms. The second kappa shape index (κ2) is 11.3. The molecular weight excluding hydrogens is 592 g/mol. The smallest absolute Gasteiger partial charge is 0.177 e. The van der Waals surface area contributed by atoms with E-state index in [2.05, 4.69) is 84.0 Å². The van der Waals surface area contributed by atoms with Gasteiger partial charge < -0.3 is 18.9 Å². The van der Waals surface area contributed by atoms with E-state index in [1.165, 1.54) is 25.7 Å². The molecule has 4 nitrogen and oxygen atoms in total. The summed E-state index contributed by atoms with van der Waals surface area (Å²) < 4.78 is 27.9. The summed E-state index contributed by atoms with van der Waals surface area (Å²) in [5.41, 5.74) is 1.97. The van der Waals surface area contributed by atoms with Gasteiger partial charge >= 0.3 is 0 Å². The molecule has 4 saturated carbocycles. The third kappa shape index (κ3) is 4.92. The van der Waals surface area contributed by atoms with Crippen LogP contribution in [-0.4, -0.2) is 11.2 Å². The van der Waals surface area contributed by atoms with Crippen LogP contribution in [0.3, 0.4) is 0 Å². The number of ether oxygens (including phenoxy) is 4. The van der Waals surface area contributed by atoms with Crippen LogP contribution in [0.2, 0.25) is 0 Å². The van der Waals surface area contributed by atoms with Crippen LogP contribution in [0.4, 0.5) is 0 Å². The number of hydrogen-bond acceptors (Lipinski definition) is 4. The van der Waals surface area contributed by atoms with Crippen molar-refractivity contribution in [1.82, 2.24) is 0 Å². The zero-order chi connectivity index (χ0) is 33.3. The molecule has 48 heavy (non-hydrogen) atoms. The summed E-state index contributed by atoms with van der Waals surface area (Å²) in [6.45, 7) is 14.2. The first-order valence-corrected chi connectivity index (χ1v) is 18.2. The van der Waals surface area contributed by atoms with Crippen molar-refractivity contribution in [2.75, 3.05) is 0 Å². The van der Waals surface area contributed by atoms with Gasteiger partial charge in [-0.25, -0.2) is 0 Å². The van der Waals surface area contributed by atoms with E-state index in [-0.39, 0.29) is 22.0 Å². The Morgan fingerprint density at radius 3 is 1.48 bits per heavy atom. The number of para-hydroxylation sites is 5. The van der Waals surface area contributed by atoms with Crippen molar-refractivity contribution in [2.45, 2.75) is 91.3 Å². The Bertz CT molecular complexity index is 1810. The van der Waals surface area contributed by atoms with Gasteiger partial charge in [0.2, 0.25) is 0 Å². The van der Waals surface area contributed by atoms with E-state index in [9.17, 15) is 0 Å². The first-order chi connectivity index (χ1) is 23.1. The molecule has 4 aromatic carbocycles. The van der Waals surface area contributed by atoms with Crippen molar-refractivity contribution in [3.8, 4) is 45.6 Å². The third-order valence-electron chi connectivity index (χ3n) is 12.9. The summed E-state index contributed by atoms with van der Waals surface area (Å²) >= 11 is 0. The van der Waals surface area contributed by atoms with Crippen LogP contribution in [0.25, 0.3) is 11.1 Å². The molecule has 0 bridgehead atoms. The highest BCUT2D eigenvalue weighted by Crippen LogP contribution is 2.72. The van der Waals surface area contributed by atoms with Crippen molar-refractivity contribution >= 4 is 0 Å². The minimum atomic E-state index is -0.164. The lowest BCUT2D eigenvalue weighted by atomic mass is 9.88. The lowest BCUT2D eigenvalue weighted by Gasteiger charge is -2.30. The molecule has 6 unspecified atom stereocenters. The fourth-order valence-electron chi connectivity index (χ4n) is 9.88. The molecule has 0 amide bonds. The molecule has 0 spiro atoms. The molecule has 0 N–H and O–H groups in total. The van der Waals surface area contributed by atoms with E-state index in [1.807, 2.05) is 54.6 Å². The van der Waals surface area contributed by atoms with Gasteiger partial charge in [-0.1, -0.05) is 121 Å². The average Bonchev–Trinajstić information content (AvgIpc) is 3.76. The molecule has 250 valence electrons. The van der Waals surface area contributed by atoms with E-state index in [1.54, 1.807) is 0 Å². The SMILES string of the molecule is CC1CCC2C(C)(C)C2(Oc2ccccc2Oc2cccc(-c3ccccc3)c2Oc2ccccc2OC23CC(C)CCC2C3(C)C)C1. The van der Waals surface area contributed by atoms with Crippen molar-refractivity contribution < 1.29 is 18.9 Å². The van der Waals surface area contributed by atoms with Crippen molar-refractivity contribution in [3.63, 3.8) is 0 Å². The maximum Gasteiger partial charge on any atom is 0.177 e. The van der Waals surface area contributed by atoms with Gasteiger partial charge in [0, 0.05) is 28.2 Å². The summed E-state index contributed by atoms with van der Waals surface area (Å²) in [5, 5.41) is 0. The Balaban J connectivity index is 1.16. The molecule has 0 radical (unpaired) electrons. The second-order valence-electron chi connectivity index (χ2n) is 16.4. The molecule has 4 aliphatic rings. The van der Waals surface area contributed by atoms with Gasteiger partial charge in [-0.05, 0) is 73.4 Å². The number of benzene rings is 4. The van der Waals surface area contributed by atoms with Gasteiger partial charge in [-0.3, -0.25) is 0 Å². The Hall–Kier alpha value is -3.92. The Morgan fingerprint density at radius 1 is 0.479 bits per heavy atom. The predicted molar refractivity (Wildman–Crippen MR) is 192 cm³/mol. The third-order valence-corrected chi connectivity index (χ3v) is 12.9. The Morgan fingerprint density at radius 2 is 0.938 bits per heavy atom. The maximum absolute atomic E-state index is 7.07. The highest BCUT2D eigenvalue weighted by Gasteiger charge is 2.75. The predicted octanol–water partition coefficient (Wildman–Crippen LogP) is 12.1. The quantitative estimate of drug-likeness (QED) is 0.182. The molecule has 4 aromatic rings. The monoisotopic (exact) mass is 642 g/mol. The number of fused-ring (bicyclic) bond motifs is 2. The molecule has 0 heterocycles. The zero-order valence-corrected chi connectivity index (χ0v) is 29.4. The molecule has 8 rings (SSSR count). The Kier molecular flexibility index (Phi) is 7.40. The second-order valence-corrected chi connectivity index (χ2v) is 16.4. The van der Waals surface area contributed by atoms with Gasteiger partial charge in [-0.15, -0.1) is 0 Å². The molecule has 0 aliphatic heterocycles. The van der Waals surface area contributed by atoms with E-state index in [0.717, 1.165) is 35.5 Å². The normalized spacial score (nSPS) is 30.7. The van der Waals surface area contributed by atoms with Crippen LogP contribution in [0, 0.1) is 34.5 Å².